The predicted octanol–water partition coefficient (Wildman–Crippen LogP) is 4.48. The molecule has 3 heterocycles. The smallest absolute Gasteiger partial charge is 0.208 e. The third-order valence-corrected chi connectivity index (χ3v) is 5.97. The highest BCUT2D eigenvalue weighted by Crippen LogP contribution is 2.24. The molecule has 0 atom stereocenters. The van der Waals surface area contributed by atoms with E-state index in [0.717, 1.165) is 35.1 Å². The molecule has 0 bridgehead atoms. The fraction of sp³-hybridized carbons (Fsp3) is 0.211. The van der Waals surface area contributed by atoms with Crippen molar-refractivity contribution in [1.29, 1.82) is 0 Å². The van der Waals surface area contributed by atoms with Crippen molar-refractivity contribution in [2.75, 3.05) is 5.75 Å². The summed E-state index contributed by atoms with van der Waals surface area (Å²) in [6.45, 7) is 2.12. The molecule has 0 unspecified atom stereocenters. The molecular formula is C19H18N4OS2. The van der Waals surface area contributed by atoms with Crippen LogP contribution < -0.4 is 0 Å². The first-order valence-electron chi connectivity index (χ1n) is 8.43. The third-order valence-electron chi connectivity index (χ3n) is 4.25. The number of aromatic amines is 2. The Labute approximate surface area is 159 Å². The Morgan fingerprint density at radius 3 is 3.00 bits per heavy atom. The average molecular weight is 383 g/mol. The van der Waals surface area contributed by atoms with E-state index in [1.54, 1.807) is 11.3 Å². The van der Waals surface area contributed by atoms with Gasteiger partial charge in [-0.15, -0.1) is 16.4 Å². The number of para-hydroxylation sites is 1. The van der Waals surface area contributed by atoms with Gasteiger partial charge in [-0.3, -0.25) is 9.89 Å². The minimum Gasteiger partial charge on any atom is -0.360 e. The van der Waals surface area contributed by atoms with Gasteiger partial charge in [-0.1, -0.05) is 43.0 Å². The van der Waals surface area contributed by atoms with Crippen molar-refractivity contribution in [1.82, 2.24) is 20.2 Å². The summed E-state index contributed by atoms with van der Waals surface area (Å²) in [4.78, 5) is 21.6. The molecule has 5 nitrogen and oxygen atoms in total. The lowest BCUT2D eigenvalue weighted by Gasteiger charge is -2.00. The molecule has 0 radical (unpaired) electrons. The van der Waals surface area contributed by atoms with Gasteiger partial charge in [-0.25, -0.2) is 4.98 Å². The average Bonchev–Trinajstić information content (AvgIpc) is 3.40. The maximum atomic E-state index is 12.7. The molecule has 26 heavy (non-hydrogen) atoms. The summed E-state index contributed by atoms with van der Waals surface area (Å²) < 4.78 is 0. The van der Waals surface area contributed by atoms with E-state index in [-0.39, 0.29) is 5.78 Å². The van der Waals surface area contributed by atoms with Gasteiger partial charge in [-0.05, 0) is 23.4 Å². The lowest BCUT2D eigenvalue weighted by molar-refractivity contribution is 0.102. The predicted molar refractivity (Wildman–Crippen MR) is 106 cm³/mol. The Balaban J connectivity index is 1.44. The number of Topliss-reactive ketones (excluding diaryl/α,β-unsaturated/α-hetero) is 1. The van der Waals surface area contributed by atoms with Gasteiger partial charge in [0.2, 0.25) is 5.16 Å². The Hall–Kier alpha value is -2.38. The van der Waals surface area contributed by atoms with E-state index in [1.165, 1.54) is 22.2 Å². The number of ketones is 1. The van der Waals surface area contributed by atoms with Crippen LogP contribution >= 0.6 is 23.1 Å². The molecule has 132 valence electrons. The van der Waals surface area contributed by atoms with Crippen LogP contribution in [-0.4, -0.2) is 31.7 Å². The van der Waals surface area contributed by atoms with E-state index < -0.39 is 0 Å². The van der Waals surface area contributed by atoms with Crippen LogP contribution in [0.15, 0.2) is 47.1 Å². The lowest BCUT2D eigenvalue weighted by atomic mass is 10.1. The summed E-state index contributed by atoms with van der Waals surface area (Å²) in [5.74, 6) is 1.22. The Kier molecular flexibility index (Phi) is 4.90. The zero-order valence-electron chi connectivity index (χ0n) is 14.3. The molecule has 4 rings (SSSR count). The second-order valence-electron chi connectivity index (χ2n) is 5.93. The van der Waals surface area contributed by atoms with Gasteiger partial charge in [0.25, 0.3) is 0 Å². The van der Waals surface area contributed by atoms with Crippen LogP contribution in [0, 0.1) is 0 Å². The number of thioether (sulfide) groups is 1. The molecule has 4 aromatic rings. The molecule has 0 aliphatic rings. The zero-order valence-corrected chi connectivity index (χ0v) is 15.9. The quantitative estimate of drug-likeness (QED) is 0.365. The molecule has 0 amide bonds. The van der Waals surface area contributed by atoms with E-state index in [9.17, 15) is 4.79 Å². The molecule has 0 spiro atoms. The molecule has 0 saturated heterocycles. The van der Waals surface area contributed by atoms with Gasteiger partial charge in [0.05, 0.1) is 5.75 Å². The van der Waals surface area contributed by atoms with Gasteiger partial charge in [-0.2, -0.15) is 0 Å². The van der Waals surface area contributed by atoms with E-state index >= 15 is 0 Å². The Morgan fingerprint density at radius 2 is 2.19 bits per heavy atom. The van der Waals surface area contributed by atoms with E-state index in [1.807, 2.05) is 29.8 Å². The molecule has 2 N–H and O–H groups in total. The fourth-order valence-corrected chi connectivity index (χ4v) is 4.36. The lowest BCUT2D eigenvalue weighted by Crippen LogP contribution is -2.01. The summed E-state index contributed by atoms with van der Waals surface area (Å²) in [6, 6.07) is 10.2. The first-order chi connectivity index (χ1) is 12.7. The van der Waals surface area contributed by atoms with E-state index in [4.69, 9.17) is 0 Å². The molecule has 3 aromatic heterocycles. The highest BCUT2D eigenvalue weighted by Gasteiger charge is 2.15. The van der Waals surface area contributed by atoms with Crippen LogP contribution in [0.4, 0.5) is 0 Å². The van der Waals surface area contributed by atoms with Crippen LogP contribution in [0.2, 0.25) is 0 Å². The number of aromatic nitrogens is 4. The monoisotopic (exact) mass is 382 g/mol. The minimum atomic E-state index is 0.0825. The minimum absolute atomic E-state index is 0.0825. The van der Waals surface area contributed by atoms with Crippen molar-refractivity contribution in [3.8, 4) is 0 Å². The summed E-state index contributed by atoms with van der Waals surface area (Å²) in [7, 11) is 0. The summed E-state index contributed by atoms with van der Waals surface area (Å²) >= 11 is 3.06. The highest BCUT2D eigenvalue weighted by molar-refractivity contribution is 7.99. The van der Waals surface area contributed by atoms with Crippen molar-refractivity contribution < 1.29 is 4.79 Å². The number of H-pyrrole nitrogens is 2. The maximum absolute atomic E-state index is 12.7. The van der Waals surface area contributed by atoms with Gasteiger partial charge in [0.15, 0.2) is 5.78 Å². The number of nitrogens with one attached hydrogen (secondary N) is 2. The van der Waals surface area contributed by atoms with E-state index in [2.05, 4.69) is 39.2 Å². The normalized spacial score (nSPS) is 11.3. The fourth-order valence-electron chi connectivity index (χ4n) is 2.95. The van der Waals surface area contributed by atoms with Crippen molar-refractivity contribution in [2.24, 2.45) is 0 Å². The highest BCUT2D eigenvalue weighted by atomic mass is 32.2. The number of aryl methyl sites for hydroxylation is 1. The van der Waals surface area contributed by atoms with Crippen molar-refractivity contribution in [3.05, 3.63) is 63.7 Å². The van der Waals surface area contributed by atoms with Crippen LogP contribution in [0.1, 0.15) is 33.5 Å². The van der Waals surface area contributed by atoms with Gasteiger partial charge in [0.1, 0.15) is 5.82 Å². The van der Waals surface area contributed by atoms with Crippen molar-refractivity contribution in [2.45, 2.75) is 24.9 Å². The number of carbonyl (C=O) groups excluding carboxylic acids is 1. The second kappa shape index (κ2) is 7.47. The number of rotatable bonds is 7. The molecule has 0 aliphatic heterocycles. The first kappa shape index (κ1) is 17.1. The van der Waals surface area contributed by atoms with Crippen LogP contribution in [0.3, 0.4) is 0 Å². The molecule has 7 heteroatoms. The van der Waals surface area contributed by atoms with Crippen LogP contribution in [-0.2, 0) is 12.8 Å². The van der Waals surface area contributed by atoms with Gasteiger partial charge >= 0.3 is 0 Å². The Bertz CT molecular complexity index is 1030. The Morgan fingerprint density at radius 1 is 1.27 bits per heavy atom. The number of thiophene rings is 1. The van der Waals surface area contributed by atoms with Crippen LogP contribution in [0.25, 0.3) is 10.9 Å². The first-order valence-corrected chi connectivity index (χ1v) is 10.3. The van der Waals surface area contributed by atoms with Crippen LogP contribution in [0.5, 0.6) is 0 Å². The summed E-state index contributed by atoms with van der Waals surface area (Å²) in [6.07, 6.45) is 3.48. The molecular weight excluding hydrogens is 364 g/mol. The van der Waals surface area contributed by atoms with E-state index in [0.29, 0.717) is 10.9 Å². The SMILES string of the molecule is CCc1cccc2c(C(=O)CSc3n[nH]c(Cc4cccs4)n3)c[nH]c12. The number of hydrogen-bond acceptors (Lipinski definition) is 5. The third kappa shape index (κ3) is 3.45. The number of fused-ring (bicyclic) bond motifs is 1. The number of carbonyl (C=O) groups is 1. The topological polar surface area (TPSA) is 74.4 Å². The van der Waals surface area contributed by atoms with Gasteiger partial charge < -0.3 is 4.98 Å². The standard InChI is InChI=1S/C19H18N4OS2/c1-2-12-5-3-7-14-15(10-20-18(12)14)16(24)11-26-19-21-17(22-23-19)9-13-6-4-8-25-13/h3-8,10,20H,2,9,11H2,1H3,(H,21,22,23). The number of nitrogens with zero attached hydrogens (tertiary/aromatic N) is 2. The van der Waals surface area contributed by atoms with Crippen molar-refractivity contribution in [3.63, 3.8) is 0 Å². The second-order valence-corrected chi connectivity index (χ2v) is 7.90. The summed E-state index contributed by atoms with van der Waals surface area (Å²) in [5.41, 5.74) is 3.01. The number of hydrogen-bond donors (Lipinski definition) is 2. The maximum Gasteiger partial charge on any atom is 0.208 e. The van der Waals surface area contributed by atoms with Gasteiger partial charge in [0, 0.05) is 34.0 Å². The number of benzene rings is 1. The molecule has 0 saturated carbocycles. The summed E-state index contributed by atoms with van der Waals surface area (Å²) in [5, 5.41) is 10.8. The largest absolute Gasteiger partial charge is 0.360 e. The zero-order chi connectivity index (χ0) is 17.9. The van der Waals surface area contributed by atoms with Crippen molar-refractivity contribution >= 4 is 39.8 Å². The molecule has 0 aliphatic carbocycles. The molecule has 0 fully saturated rings. The molecule has 1 aromatic carbocycles.